The second-order valence-corrected chi connectivity index (χ2v) is 7.83. The molecule has 3 aromatic rings. The second-order valence-electron chi connectivity index (χ2n) is 7.40. The SMILES string of the molecule is Cc1cccc(N2C(=O)NC(=O)/C(=C\c3cc(Cl)ccc3OCc3cccc(F)c3)C2=O)c1. The summed E-state index contributed by atoms with van der Waals surface area (Å²) < 4.78 is 19.3. The minimum Gasteiger partial charge on any atom is -0.488 e. The van der Waals surface area contributed by atoms with Crippen LogP contribution in [-0.2, 0) is 16.2 Å². The average Bonchev–Trinajstić information content (AvgIpc) is 2.76. The summed E-state index contributed by atoms with van der Waals surface area (Å²) >= 11 is 6.13. The Morgan fingerprint density at radius 2 is 1.82 bits per heavy atom. The monoisotopic (exact) mass is 464 g/mol. The van der Waals surface area contributed by atoms with Crippen molar-refractivity contribution in [1.82, 2.24) is 5.32 Å². The van der Waals surface area contributed by atoms with Crippen molar-refractivity contribution in [3.63, 3.8) is 0 Å². The molecule has 0 bridgehead atoms. The van der Waals surface area contributed by atoms with Crippen molar-refractivity contribution in [2.45, 2.75) is 13.5 Å². The molecule has 4 rings (SSSR count). The fourth-order valence-electron chi connectivity index (χ4n) is 3.37. The molecule has 3 aromatic carbocycles. The smallest absolute Gasteiger partial charge is 0.335 e. The van der Waals surface area contributed by atoms with Crippen molar-refractivity contribution in [2.75, 3.05) is 4.90 Å². The molecule has 0 aromatic heterocycles. The van der Waals surface area contributed by atoms with Gasteiger partial charge in [-0.1, -0.05) is 35.9 Å². The molecular formula is C25H18ClFN2O4. The number of hydrogen-bond acceptors (Lipinski definition) is 4. The van der Waals surface area contributed by atoms with E-state index in [1.165, 1.54) is 24.3 Å². The zero-order valence-electron chi connectivity index (χ0n) is 17.5. The lowest BCUT2D eigenvalue weighted by Crippen LogP contribution is -2.54. The number of ether oxygens (including phenoxy) is 1. The summed E-state index contributed by atoms with van der Waals surface area (Å²) in [6.45, 7) is 1.88. The Balaban J connectivity index is 1.68. The van der Waals surface area contributed by atoms with Crippen LogP contribution in [0.25, 0.3) is 6.08 Å². The Bertz CT molecular complexity index is 1310. The van der Waals surface area contributed by atoms with Crippen LogP contribution in [0.15, 0.2) is 72.3 Å². The molecule has 1 saturated heterocycles. The molecule has 1 aliphatic rings. The molecule has 8 heteroatoms. The van der Waals surface area contributed by atoms with Crippen LogP contribution in [0.3, 0.4) is 0 Å². The number of benzene rings is 3. The van der Waals surface area contributed by atoms with Gasteiger partial charge in [0, 0.05) is 10.6 Å². The maximum Gasteiger partial charge on any atom is 0.335 e. The topological polar surface area (TPSA) is 75.7 Å². The molecule has 0 unspecified atom stereocenters. The van der Waals surface area contributed by atoms with E-state index in [4.69, 9.17) is 16.3 Å². The van der Waals surface area contributed by atoms with Crippen LogP contribution < -0.4 is 15.0 Å². The Kier molecular flexibility index (Phi) is 6.24. The van der Waals surface area contributed by atoms with E-state index in [2.05, 4.69) is 5.32 Å². The summed E-state index contributed by atoms with van der Waals surface area (Å²) in [5.41, 5.74) is 1.89. The predicted octanol–water partition coefficient (Wildman–Crippen LogP) is 5.03. The molecule has 0 radical (unpaired) electrons. The summed E-state index contributed by atoms with van der Waals surface area (Å²) in [5, 5.41) is 2.55. The number of amides is 4. The Morgan fingerprint density at radius 3 is 2.58 bits per heavy atom. The summed E-state index contributed by atoms with van der Waals surface area (Å²) in [6.07, 6.45) is 1.32. The van der Waals surface area contributed by atoms with Crippen molar-refractivity contribution in [3.8, 4) is 5.75 Å². The van der Waals surface area contributed by atoms with E-state index in [0.29, 0.717) is 27.6 Å². The van der Waals surface area contributed by atoms with Gasteiger partial charge in [0.2, 0.25) is 0 Å². The molecule has 0 atom stereocenters. The predicted molar refractivity (Wildman–Crippen MR) is 122 cm³/mol. The zero-order valence-corrected chi connectivity index (χ0v) is 18.2. The van der Waals surface area contributed by atoms with Gasteiger partial charge in [-0.05, 0) is 66.6 Å². The van der Waals surface area contributed by atoms with Gasteiger partial charge in [-0.2, -0.15) is 0 Å². The number of nitrogens with one attached hydrogen (secondary N) is 1. The third-order valence-corrected chi connectivity index (χ3v) is 5.15. The lowest BCUT2D eigenvalue weighted by Gasteiger charge is -2.26. The van der Waals surface area contributed by atoms with E-state index >= 15 is 0 Å². The number of nitrogens with zero attached hydrogens (tertiary/aromatic N) is 1. The first-order valence-corrected chi connectivity index (χ1v) is 10.3. The third kappa shape index (κ3) is 4.94. The van der Waals surface area contributed by atoms with E-state index in [-0.39, 0.29) is 18.0 Å². The highest BCUT2D eigenvalue weighted by molar-refractivity contribution is 6.39. The van der Waals surface area contributed by atoms with Crippen LogP contribution >= 0.6 is 11.6 Å². The molecule has 0 saturated carbocycles. The van der Waals surface area contributed by atoms with Crippen molar-refractivity contribution in [2.24, 2.45) is 0 Å². The van der Waals surface area contributed by atoms with Gasteiger partial charge < -0.3 is 4.74 Å². The lowest BCUT2D eigenvalue weighted by atomic mass is 10.1. The number of halogens is 2. The molecule has 1 aliphatic heterocycles. The molecule has 6 nitrogen and oxygen atoms in total. The van der Waals surface area contributed by atoms with Crippen LogP contribution in [0.2, 0.25) is 5.02 Å². The van der Waals surface area contributed by atoms with Gasteiger partial charge in [0.25, 0.3) is 11.8 Å². The number of anilines is 1. The molecule has 0 aliphatic carbocycles. The van der Waals surface area contributed by atoms with Gasteiger partial charge >= 0.3 is 6.03 Å². The van der Waals surface area contributed by atoms with Crippen molar-refractivity contribution < 1.29 is 23.5 Å². The van der Waals surface area contributed by atoms with E-state index in [0.717, 1.165) is 10.5 Å². The average molecular weight is 465 g/mol. The van der Waals surface area contributed by atoms with Crippen LogP contribution in [0.1, 0.15) is 16.7 Å². The number of hydrogen-bond donors (Lipinski definition) is 1. The fraction of sp³-hybridized carbons (Fsp3) is 0.0800. The number of imide groups is 2. The van der Waals surface area contributed by atoms with Gasteiger partial charge in [0.15, 0.2) is 0 Å². The van der Waals surface area contributed by atoms with Crippen molar-refractivity contribution in [3.05, 3.63) is 99.8 Å². The molecular weight excluding hydrogens is 447 g/mol. The number of rotatable bonds is 5. The fourth-order valence-corrected chi connectivity index (χ4v) is 3.55. The van der Waals surface area contributed by atoms with E-state index in [1.807, 2.05) is 13.0 Å². The highest BCUT2D eigenvalue weighted by Crippen LogP contribution is 2.28. The maximum absolute atomic E-state index is 13.5. The van der Waals surface area contributed by atoms with Gasteiger partial charge in [0.1, 0.15) is 23.7 Å². The highest BCUT2D eigenvalue weighted by atomic mass is 35.5. The maximum atomic E-state index is 13.5. The van der Waals surface area contributed by atoms with Gasteiger partial charge in [0.05, 0.1) is 5.69 Å². The number of urea groups is 1. The lowest BCUT2D eigenvalue weighted by molar-refractivity contribution is -0.122. The first-order chi connectivity index (χ1) is 15.8. The summed E-state index contributed by atoms with van der Waals surface area (Å²) in [4.78, 5) is 39.0. The molecule has 1 N–H and O–H groups in total. The molecule has 4 amide bonds. The van der Waals surface area contributed by atoms with Crippen LogP contribution in [-0.4, -0.2) is 17.8 Å². The van der Waals surface area contributed by atoms with Crippen LogP contribution in [0, 0.1) is 12.7 Å². The molecule has 0 spiro atoms. The van der Waals surface area contributed by atoms with Crippen LogP contribution in [0.5, 0.6) is 5.75 Å². The number of carbonyl (C=O) groups is 3. The number of aryl methyl sites for hydroxylation is 1. The summed E-state index contributed by atoms with van der Waals surface area (Å²) in [5.74, 6) is -1.66. The summed E-state index contributed by atoms with van der Waals surface area (Å²) in [7, 11) is 0. The van der Waals surface area contributed by atoms with Gasteiger partial charge in [-0.3, -0.25) is 14.9 Å². The Labute approximate surface area is 194 Å². The Hall–Kier alpha value is -3.97. The molecule has 166 valence electrons. The largest absolute Gasteiger partial charge is 0.488 e. The van der Waals surface area contributed by atoms with Gasteiger partial charge in [-0.15, -0.1) is 0 Å². The minimum absolute atomic E-state index is 0.0591. The zero-order chi connectivity index (χ0) is 23.5. The van der Waals surface area contributed by atoms with Gasteiger partial charge in [-0.25, -0.2) is 14.1 Å². The Morgan fingerprint density at radius 1 is 1.03 bits per heavy atom. The minimum atomic E-state index is -0.832. The quantitative estimate of drug-likeness (QED) is 0.424. The second kappa shape index (κ2) is 9.26. The molecule has 1 fully saturated rings. The molecule has 1 heterocycles. The van der Waals surface area contributed by atoms with Crippen LogP contribution in [0.4, 0.5) is 14.9 Å². The van der Waals surface area contributed by atoms with Crippen molar-refractivity contribution in [1.29, 1.82) is 0 Å². The van der Waals surface area contributed by atoms with E-state index < -0.39 is 17.8 Å². The normalized spacial score (nSPS) is 15.1. The van der Waals surface area contributed by atoms with E-state index in [1.54, 1.807) is 42.5 Å². The highest BCUT2D eigenvalue weighted by Gasteiger charge is 2.37. The summed E-state index contributed by atoms with van der Waals surface area (Å²) in [6, 6.07) is 16.6. The standard InChI is InChI=1S/C25H18ClFN2O4/c1-15-4-2-7-20(10-15)29-24(31)21(23(30)28-25(29)32)13-17-12-18(26)8-9-22(17)33-14-16-5-3-6-19(27)11-16/h2-13H,14H2,1H3,(H,28,30,32)/b21-13+. The molecule has 33 heavy (non-hydrogen) atoms. The number of barbiturate groups is 1. The number of carbonyl (C=O) groups excluding carboxylic acids is 3. The van der Waals surface area contributed by atoms with Crippen molar-refractivity contribution >= 4 is 41.2 Å². The first-order valence-electron chi connectivity index (χ1n) is 9.97. The third-order valence-electron chi connectivity index (χ3n) is 4.92. The first kappa shape index (κ1) is 22.2. The van der Waals surface area contributed by atoms with E-state index in [9.17, 15) is 18.8 Å².